The van der Waals surface area contributed by atoms with Crippen molar-refractivity contribution in [2.75, 3.05) is 26.7 Å². The first-order valence-corrected chi connectivity index (χ1v) is 8.11. The standard InChI is InChI=1S/C16H32N2/c1-4-14-5-8-17-16(12-14)11-13(2)15-6-9-18(3)10-7-15/h13-17H,4-12H2,1-3H3. The van der Waals surface area contributed by atoms with Crippen LogP contribution in [0, 0.1) is 17.8 Å². The fourth-order valence-electron chi connectivity index (χ4n) is 3.88. The topological polar surface area (TPSA) is 15.3 Å². The molecule has 3 unspecified atom stereocenters. The number of nitrogens with one attached hydrogen (secondary N) is 1. The molecule has 2 aliphatic rings. The van der Waals surface area contributed by atoms with E-state index in [4.69, 9.17) is 0 Å². The van der Waals surface area contributed by atoms with Gasteiger partial charge in [-0.05, 0) is 76.5 Å². The van der Waals surface area contributed by atoms with Gasteiger partial charge >= 0.3 is 0 Å². The van der Waals surface area contributed by atoms with Crippen molar-refractivity contribution in [3.8, 4) is 0 Å². The minimum absolute atomic E-state index is 0.804. The Bertz CT molecular complexity index is 233. The van der Waals surface area contributed by atoms with Gasteiger partial charge in [0.25, 0.3) is 0 Å². The van der Waals surface area contributed by atoms with Crippen LogP contribution in [-0.2, 0) is 0 Å². The van der Waals surface area contributed by atoms with Gasteiger partial charge in [0, 0.05) is 6.04 Å². The monoisotopic (exact) mass is 252 g/mol. The van der Waals surface area contributed by atoms with Gasteiger partial charge in [-0.2, -0.15) is 0 Å². The molecular formula is C16H32N2. The molecule has 0 radical (unpaired) electrons. The smallest absolute Gasteiger partial charge is 0.00723 e. The third kappa shape index (κ3) is 3.96. The van der Waals surface area contributed by atoms with Crippen LogP contribution in [0.3, 0.4) is 0 Å². The Labute approximate surface area is 114 Å². The van der Waals surface area contributed by atoms with E-state index in [9.17, 15) is 0 Å². The number of rotatable bonds is 4. The molecule has 0 bridgehead atoms. The van der Waals surface area contributed by atoms with E-state index in [0.29, 0.717) is 0 Å². The van der Waals surface area contributed by atoms with Crippen LogP contribution in [-0.4, -0.2) is 37.6 Å². The fraction of sp³-hybridized carbons (Fsp3) is 1.00. The van der Waals surface area contributed by atoms with Gasteiger partial charge in [0.2, 0.25) is 0 Å². The molecule has 3 atom stereocenters. The highest BCUT2D eigenvalue weighted by atomic mass is 15.1. The molecule has 2 saturated heterocycles. The molecule has 1 N–H and O–H groups in total. The molecule has 2 heteroatoms. The Morgan fingerprint density at radius 1 is 1.22 bits per heavy atom. The van der Waals surface area contributed by atoms with Gasteiger partial charge in [-0.3, -0.25) is 0 Å². The van der Waals surface area contributed by atoms with Crippen molar-refractivity contribution in [1.82, 2.24) is 10.2 Å². The van der Waals surface area contributed by atoms with Crippen LogP contribution < -0.4 is 5.32 Å². The second-order valence-electron chi connectivity index (χ2n) is 6.80. The summed E-state index contributed by atoms with van der Waals surface area (Å²) in [5, 5.41) is 3.75. The Morgan fingerprint density at radius 2 is 1.94 bits per heavy atom. The molecule has 2 nitrogen and oxygen atoms in total. The Kier molecular flexibility index (Phi) is 5.50. The summed E-state index contributed by atoms with van der Waals surface area (Å²) < 4.78 is 0. The van der Waals surface area contributed by atoms with Crippen molar-refractivity contribution in [1.29, 1.82) is 0 Å². The minimum atomic E-state index is 0.804. The molecule has 2 fully saturated rings. The summed E-state index contributed by atoms with van der Waals surface area (Å²) in [5.74, 6) is 2.87. The summed E-state index contributed by atoms with van der Waals surface area (Å²) >= 11 is 0. The fourth-order valence-corrected chi connectivity index (χ4v) is 3.88. The van der Waals surface area contributed by atoms with E-state index in [1.807, 2.05) is 0 Å². The molecule has 106 valence electrons. The summed E-state index contributed by atoms with van der Waals surface area (Å²) in [7, 11) is 2.26. The molecule has 0 spiro atoms. The average molecular weight is 252 g/mol. The van der Waals surface area contributed by atoms with Gasteiger partial charge < -0.3 is 10.2 Å². The van der Waals surface area contributed by atoms with Crippen LogP contribution in [0.15, 0.2) is 0 Å². The Morgan fingerprint density at radius 3 is 2.61 bits per heavy atom. The SMILES string of the molecule is CCC1CCNC(CC(C)C2CCN(C)CC2)C1. The van der Waals surface area contributed by atoms with E-state index in [-0.39, 0.29) is 0 Å². The third-order valence-electron chi connectivity index (χ3n) is 5.41. The molecule has 0 aromatic heterocycles. The number of piperidine rings is 2. The lowest BCUT2D eigenvalue weighted by molar-refractivity contribution is 0.156. The highest BCUT2D eigenvalue weighted by molar-refractivity contribution is 4.82. The first-order chi connectivity index (χ1) is 8.69. The van der Waals surface area contributed by atoms with Gasteiger partial charge in [0.05, 0.1) is 0 Å². The molecule has 0 amide bonds. The van der Waals surface area contributed by atoms with E-state index in [1.165, 1.54) is 58.2 Å². The van der Waals surface area contributed by atoms with Crippen LogP contribution in [0.4, 0.5) is 0 Å². The van der Waals surface area contributed by atoms with Gasteiger partial charge in [-0.15, -0.1) is 0 Å². The van der Waals surface area contributed by atoms with Crippen LogP contribution in [0.2, 0.25) is 0 Å². The van der Waals surface area contributed by atoms with Crippen molar-refractivity contribution < 1.29 is 0 Å². The van der Waals surface area contributed by atoms with Gasteiger partial charge in [0.15, 0.2) is 0 Å². The Hall–Kier alpha value is -0.0800. The summed E-state index contributed by atoms with van der Waals surface area (Å²) in [6, 6.07) is 0.804. The second-order valence-corrected chi connectivity index (χ2v) is 6.80. The van der Waals surface area contributed by atoms with E-state index < -0.39 is 0 Å². The first kappa shape index (κ1) is 14.3. The molecular weight excluding hydrogens is 220 g/mol. The number of hydrogen-bond acceptors (Lipinski definition) is 2. The van der Waals surface area contributed by atoms with Crippen LogP contribution in [0.25, 0.3) is 0 Å². The van der Waals surface area contributed by atoms with Crippen molar-refractivity contribution in [3.05, 3.63) is 0 Å². The lowest BCUT2D eigenvalue weighted by Crippen LogP contribution is -2.41. The molecule has 0 saturated carbocycles. The maximum Gasteiger partial charge on any atom is 0.00723 e. The van der Waals surface area contributed by atoms with E-state index in [1.54, 1.807) is 0 Å². The van der Waals surface area contributed by atoms with Crippen molar-refractivity contribution >= 4 is 0 Å². The zero-order chi connectivity index (χ0) is 13.0. The van der Waals surface area contributed by atoms with Crippen molar-refractivity contribution in [2.45, 2.75) is 58.4 Å². The minimum Gasteiger partial charge on any atom is -0.314 e. The molecule has 0 aromatic rings. The molecule has 2 rings (SSSR count). The second kappa shape index (κ2) is 6.91. The largest absolute Gasteiger partial charge is 0.314 e. The third-order valence-corrected chi connectivity index (χ3v) is 5.41. The zero-order valence-corrected chi connectivity index (χ0v) is 12.6. The van der Waals surface area contributed by atoms with Gasteiger partial charge in [-0.25, -0.2) is 0 Å². The highest BCUT2D eigenvalue weighted by Crippen LogP contribution is 2.30. The van der Waals surface area contributed by atoms with Crippen LogP contribution in [0.1, 0.15) is 52.4 Å². The highest BCUT2D eigenvalue weighted by Gasteiger charge is 2.27. The maximum atomic E-state index is 3.75. The summed E-state index contributed by atoms with van der Waals surface area (Å²) in [6.07, 6.45) is 8.44. The van der Waals surface area contributed by atoms with E-state index >= 15 is 0 Å². The summed E-state index contributed by atoms with van der Waals surface area (Å²) in [6.45, 7) is 8.72. The van der Waals surface area contributed by atoms with Crippen molar-refractivity contribution in [3.63, 3.8) is 0 Å². The lowest BCUT2D eigenvalue weighted by Gasteiger charge is -2.36. The quantitative estimate of drug-likeness (QED) is 0.827. The maximum absolute atomic E-state index is 3.75. The average Bonchev–Trinajstić information content (AvgIpc) is 2.39. The molecule has 2 heterocycles. The molecule has 2 aliphatic heterocycles. The normalized spacial score (nSPS) is 33.5. The lowest BCUT2D eigenvalue weighted by atomic mass is 9.79. The Balaban J connectivity index is 1.74. The summed E-state index contributed by atoms with van der Waals surface area (Å²) in [4.78, 5) is 2.48. The number of nitrogens with zero attached hydrogens (tertiary/aromatic N) is 1. The number of hydrogen-bond donors (Lipinski definition) is 1. The van der Waals surface area contributed by atoms with Crippen LogP contribution >= 0.6 is 0 Å². The van der Waals surface area contributed by atoms with Crippen molar-refractivity contribution in [2.24, 2.45) is 17.8 Å². The molecule has 18 heavy (non-hydrogen) atoms. The van der Waals surface area contributed by atoms with Gasteiger partial charge in [0.1, 0.15) is 0 Å². The number of likely N-dealkylation sites (tertiary alicyclic amines) is 1. The first-order valence-electron chi connectivity index (χ1n) is 8.11. The van der Waals surface area contributed by atoms with Crippen LogP contribution in [0.5, 0.6) is 0 Å². The van der Waals surface area contributed by atoms with E-state index in [2.05, 4.69) is 31.1 Å². The summed E-state index contributed by atoms with van der Waals surface area (Å²) in [5.41, 5.74) is 0. The van der Waals surface area contributed by atoms with Gasteiger partial charge in [-0.1, -0.05) is 20.3 Å². The predicted octanol–water partition coefficient (Wildman–Crippen LogP) is 3.13. The predicted molar refractivity (Wildman–Crippen MR) is 78.8 cm³/mol. The zero-order valence-electron chi connectivity index (χ0n) is 12.6. The molecule has 0 aliphatic carbocycles. The van der Waals surface area contributed by atoms with E-state index in [0.717, 1.165) is 23.8 Å². The molecule has 0 aromatic carbocycles.